The van der Waals surface area contributed by atoms with Gasteiger partial charge in [-0.05, 0) is 37.5 Å². The Kier molecular flexibility index (Phi) is 6.35. The topological polar surface area (TPSA) is 93.5 Å². The standard InChI is InChI=1S/C19H26N4O4S/c1-3-22-13-18(21-14-22)28(25,26)23-10-4-5-16(12-23)19(24)20-11-15-6-8-17(27-2)9-7-15/h6-9,13-14,16H,3-5,10-12H2,1-2H3,(H,20,24)/t16-/m1/s1. The molecule has 1 atom stereocenters. The fourth-order valence-corrected chi connectivity index (χ4v) is 4.69. The summed E-state index contributed by atoms with van der Waals surface area (Å²) in [5, 5.41) is 2.95. The number of imidazole rings is 1. The van der Waals surface area contributed by atoms with Crippen molar-refractivity contribution in [2.24, 2.45) is 5.92 Å². The maximum absolute atomic E-state index is 12.8. The average Bonchev–Trinajstić information content (AvgIpc) is 3.22. The highest BCUT2D eigenvalue weighted by atomic mass is 32.2. The first kappa shape index (κ1) is 20.3. The molecule has 1 aromatic carbocycles. The maximum atomic E-state index is 12.8. The zero-order chi connectivity index (χ0) is 20.1. The molecule has 0 unspecified atom stereocenters. The summed E-state index contributed by atoms with van der Waals surface area (Å²) >= 11 is 0. The van der Waals surface area contributed by atoms with E-state index < -0.39 is 10.0 Å². The molecule has 1 amide bonds. The van der Waals surface area contributed by atoms with Gasteiger partial charge in [0.25, 0.3) is 10.0 Å². The van der Waals surface area contributed by atoms with E-state index in [1.165, 1.54) is 16.8 Å². The number of methoxy groups -OCH3 is 1. The minimum Gasteiger partial charge on any atom is -0.497 e. The van der Waals surface area contributed by atoms with Gasteiger partial charge in [0.05, 0.1) is 19.4 Å². The summed E-state index contributed by atoms with van der Waals surface area (Å²) in [6.45, 7) is 3.55. The van der Waals surface area contributed by atoms with Crippen LogP contribution in [0, 0.1) is 5.92 Å². The van der Waals surface area contributed by atoms with E-state index in [2.05, 4.69) is 10.3 Å². The third-order valence-corrected chi connectivity index (χ3v) is 6.71. The summed E-state index contributed by atoms with van der Waals surface area (Å²) in [5.74, 6) is 0.263. The molecule has 0 spiro atoms. The van der Waals surface area contributed by atoms with Crippen molar-refractivity contribution < 1.29 is 17.9 Å². The van der Waals surface area contributed by atoms with Gasteiger partial charge in [-0.2, -0.15) is 4.31 Å². The van der Waals surface area contributed by atoms with Crippen LogP contribution in [0.15, 0.2) is 41.8 Å². The average molecular weight is 407 g/mol. The molecule has 1 aliphatic rings. The minimum atomic E-state index is -3.69. The van der Waals surface area contributed by atoms with Crippen LogP contribution in [0.5, 0.6) is 5.75 Å². The Bertz CT molecular complexity index is 908. The number of piperidine rings is 1. The predicted octanol–water partition coefficient (Wildman–Crippen LogP) is 1.63. The number of hydrogen-bond donors (Lipinski definition) is 1. The van der Waals surface area contributed by atoms with E-state index >= 15 is 0 Å². The first-order valence-corrected chi connectivity index (χ1v) is 10.8. The third-order valence-electron chi connectivity index (χ3n) is 4.96. The van der Waals surface area contributed by atoms with E-state index in [9.17, 15) is 13.2 Å². The molecule has 1 aromatic heterocycles. The summed E-state index contributed by atoms with van der Waals surface area (Å²) in [6, 6.07) is 7.46. The van der Waals surface area contributed by atoms with Crippen molar-refractivity contribution in [2.75, 3.05) is 20.2 Å². The van der Waals surface area contributed by atoms with Gasteiger partial charge in [0.1, 0.15) is 5.75 Å². The monoisotopic (exact) mass is 406 g/mol. The first-order chi connectivity index (χ1) is 13.4. The van der Waals surface area contributed by atoms with Crippen LogP contribution in [0.4, 0.5) is 0 Å². The van der Waals surface area contributed by atoms with Crippen LogP contribution < -0.4 is 10.1 Å². The second-order valence-electron chi connectivity index (χ2n) is 6.81. The summed E-state index contributed by atoms with van der Waals surface area (Å²) in [6.07, 6.45) is 4.36. The van der Waals surface area contributed by atoms with E-state index in [1.54, 1.807) is 11.7 Å². The van der Waals surface area contributed by atoms with Crippen LogP contribution in [-0.2, 0) is 27.9 Å². The summed E-state index contributed by atoms with van der Waals surface area (Å²) in [4.78, 5) is 16.6. The number of carbonyl (C=O) groups is 1. The highest BCUT2D eigenvalue weighted by Crippen LogP contribution is 2.23. The molecule has 1 aliphatic heterocycles. The Morgan fingerprint density at radius 3 is 2.71 bits per heavy atom. The predicted molar refractivity (Wildman–Crippen MR) is 104 cm³/mol. The van der Waals surface area contributed by atoms with Gasteiger partial charge in [0.2, 0.25) is 5.91 Å². The molecule has 2 heterocycles. The van der Waals surface area contributed by atoms with Crippen molar-refractivity contribution in [3.63, 3.8) is 0 Å². The van der Waals surface area contributed by atoms with Crippen LogP contribution >= 0.6 is 0 Å². The molecule has 8 nitrogen and oxygen atoms in total. The van der Waals surface area contributed by atoms with Gasteiger partial charge in [-0.15, -0.1) is 0 Å². The SMILES string of the molecule is CCn1cnc(S(=O)(=O)N2CCC[C@@H](C(=O)NCc3ccc(OC)cc3)C2)c1. The van der Waals surface area contributed by atoms with Gasteiger partial charge in [0.15, 0.2) is 5.03 Å². The lowest BCUT2D eigenvalue weighted by Crippen LogP contribution is -2.45. The van der Waals surface area contributed by atoms with Gasteiger partial charge in [-0.1, -0.05) is 12.1 Å². The number of amides is 1. The van der Waals surface area contributed by atoms with Crippen LogP contribution in [0.2, 0.25) is 0 Å². The van der Waals surface area contributed by atoms with Crippen molar-refractivity contribution >= 4 is 15.9 Å². The van der Waals surface area contributed by atoms with Gasteiger partial charge >= 0.3 is 0 Å². The Morgan fingerprint density at radius 1 is 1.32 bits per heavy atom. The maximum Gasteiger partial charge on any atom is 0.262 e. The van der Waals surface area contributed by atoms with E-state index in [0.717, 1.165) is 11.3 Å². The molecule has 3 rings (SSSR count). The normalized spacial score (nSPS) is 18.0. The highest BCUT2D eigenvalue weighted by Gasteiger charge is 2.34. The fourth-order valence-electron chi connectivity index (χ4n) is 3.23. The number of carbonyl (C=O) groups excluding carboxylic acids is 1. The molecule has 1 N–H and O–H groups in total. The van der Waals surface area contributed by atoms with Gasteiger partial charge < -0.3 is 14.6 Å². The first-order valence-electron chi connectivity index (χ1n) is 9.36. The second kappa shape index (κ2) is 8.74. The molecule has 0 radical (unpaired) electrons. The van der Waals surface area contributed by atoms with Crippen molar-refractivity contribution in [1.29, 1.82) is 0 Å². The van der Waals surface area contributed by atoms with Gasteiger partial charge in [-0.3, -0.25) is 4.79 Å². The number of aromatic nitrogens is 2. The van der Waals surface area contributed by atoms with Gasteiger partial charge in [-0.25, -0.2) is 13.4 Å². The molecule has 152 valence electrons. The Balaban J connectivity index is 1.61. The number of nitrogens with one attached hydrogen (secondary N) is 1. The molecule has 9 heteroatoms. The number of hydrogen-bond acceptors (Lipinski definition) is 5. The fraction of sp³-hybridized carbons (Fsp3) is 0.474. The summed E-state index contributed by atoms with van der Waals surface area (Å²) < 4.78 is 33.9. The Labute approximate surface area is 165 Å². The zero-order valence-corrected chi connectivity index (χ0v) is 17.0. The smallest absolute Gasteiger partial charge is 0.262 e. The molecular weight excluding hydrogens is 380 g/mol. The Morgan fingerprint density at radius 2 is 2.07 bits per heavy atom. The molecule has 0 aliphatic carbocycles. The molecule has 28 heavy (non-hydrogen) atoms. The lowest BCUT2D eigenvalue weighted by molar-refractivity contribution is -0.126. The molecule has 0 saturated carbocycles. The molecule has 1 fully saturated rings. The molecule has 0 bridgehead atoms. The van der Waals surface area contributed by atoms with Crippen LogP contribution in [-0.4, -0.2) is 48.4 Å². The van der Waals surface area contributed by atoms with E-state index in [-0.39, 0.29) is 23.4 Å². The summed E-state index contributed by atoms with van der Waals surface area (Å²) in [5.41, 5.74) is 0.958. The van der Waals surface area contributed by atoms with Crippen LogP contribution in [0.3, 0.4) is 0 Å². The minimum absolute atomic E-state index is 0.0358. The van der Waals surface area contributed by atoms with E-state index in [0.29, 0.717) is 32.5 Å². The van der Waals surface area contributed by atoms with E-state index in [4.69, 9.17) is 4.74 Å². The largest absolute Gasteiger partial charge is 0.497 e. The lowest BCUT2D eigenvalue weighted by atomic mass is 9.99. The number of rotatable bonds is 7. The van der Waals surface area contributed by atoms with Crippen molar-refractivity contribution in [3.8, 4) is 5.75 Å². The lowest BCUT2D eigenvalue weighted by Gasteiger charge is -2.30. The van der Waals surface area contributed by atoms with Crippen molar-refractivity contribution in [2.45, 2.75) is 37.9 Å². The Hall–Kier alpha value is -2.39. The summed E-state index contributed by atoms with van der Waals surface area (Å²) in [7, 11) is -2.08. The van der Waals surface area contributed by atoms with E-state index in [1.807, 2.05) is 31.2 Å². The number of nitrogens with zero attached hydrogens (tertiary/aromatic N) is 3. The number of aryl methyl sites for hydroxylation is 1. The number of ether oxygens (including phenoxy) is 1. The molecular formula is C19H26N4O4S. The second-order valence-corrected chi connectivity index (χ2v) is 8.70. The van der Waals surface area contributed by atoms with Crippen LogP contribution in [0.25, 0.3) is 0 Å². The number of sulfonamides is 1. The highest BCUT2D eigenvalue weighted by molar-refractivity contribution is 7.89. The molecule has 2 aromatic rings. The van der Waals surface area contributed by atoms with Crippen LogP contribution in [0.1, 0.15) is 25.3 Å². The van der Waals surface area contributed by atoms with Gasteiger partial charge in [0, 0.05) is 32.4 Å². The third kappa shape index (κ3) is 4.53. The van der Waals surface area contributed by atoms with Crippen molar-refractivity contribution in [1.82, 2.24) is 19.2 Å². The number of benzene rings is 1. The molecule has 1 saturated heterocycles. The van der Waals surface area contributed by atoms with Crippen molar-refractivity contribution in [3.05, 3.63) is 42.4 Å². The quantitative estimate of drug-likeness (QED) is 0.754. The zero-order valence-electron chi connectivity index (χ0n) is 16.2.